The zero-order valence-corrected chi connectivity index (χ0v) is 10.7. The fraction of sp³-hybridized carbons (Fsp3) is 0.333. The van der Waals surface area contributed by atoms with Gasteiger partial charge in [-0.1, -0.05) is 11.6 Å². The molecule has 0 unspecified atom stereocenters. The van der Waals surface area contributed by atoms with Crippen LogP contribution in [-0.4, -0.2) is 23.2 Å². The zero-order valence-electron chi connectivity index (χ0n) is 9.92. The molecule has 1 saturated carbocycles. The fourth-order valence-electron chi connectivity index (χ4n) is 1.81. The standard InChI is InChI=1S/C12H9ClF3NO3/c13-6-1-2-8(7(5-6)9(18)19)17-10(20)11(3-4-11)12(14,15)16/h1-2,5H,3-4H2,(H,17,20)(H,18,19). The molecule has 1 fully saturated rings. The lowest BCUT2D eigenvalue weighted by molar-refractivity contribution is -0.189. The molecule has 2 N–H and O–H groups in total. The molecule has 108 valence electrons. The maximum atomic E-state index is 12.8. The van der Waals surface area contributed by atoms with Gasteiger partial charge in [-0.2, -0.15) is 13.2 Å². The normalized spacial score (nSPS) is 16.6. The summed E-state index contributed by atoms with van der Waals surface area (Å²) in [4.78, 5) is 22.7. The Balaban J connectivity index is 2.28. The van der Waals surface area contributed by atoms with Gasteiger partial charge in [0, 0.05) is 5.02 Å². The summed E-state index contributed by atoms with van der Waals surface area (Å²) >= 11 is 5.62. The first kappa shape index (κ1) is 14.6. The third-order valence-corrected chi connectivity index (χ3v) is 3.42. The first-order valence-corrected chi connectivity index (χ1v) is 5.96. The molecule has 0 spiro atoms. The molecule has 20 heavy (non-hydrogen) atoms. The number of anilines is 1. The molecule has 4 nitrogen and oxygen atoms in total. The minimum absolute atomic E-state index is 0.109. The molecule has 0 bridgehead atoms. The maximum absolute atomic E-state index is 12.8. The van der Waals surface area contributed by atoms with Gasteiger partial charge in [0.1, 0.15) is 5.41 Å². The molecule has 1 aliphatic carbocycles. The SMILES string of the molecule is O=C(O)c1cc(Cl)ccc1NC(=O)C1(C(F)(F)F)CC1. The second kappa shape index (κ2) is 4.66. The van der Waals surface area contributed by atoms with Crippen molar-refractivity contribution in [3.05, 3.63) is 28.8 Å². The number of amides is 1. The van der Waals surface area contributed by atoms with E-state index < -0.39 is 23.5 Å². The van der Waals surface area contributed by atoms with Crippen LogP contribution < -0.4 is 5.32 Å². The average Bonchev–Trinajstić information content (AvgIpc) is 3.11. The van der Waals surface area contributed by atoms with E-state index in [4.69, 9.17) is 16.7 Å². The topological polar surface area (TPSA) is 66.4 Å². The highest BCUT2D eigenvalue weighted by Crippen LogP contribution is 2.58. The Morgan fingerprint density at radius 1 is 1.30 bits per heavy atom. The van der Waals surface area contributed by atoms with E-state index in [0.29, 0.717) is 0 Å². The Morgan fingerprint density at radius 2 is 1.90 bits per heavy atom. The molecule has 2 rings (SSSR count). The Labute approximate surface area is 116 Å². The van der Waals surface area contributed by atoms with Crippen molar-refractivity contribution in [3.63, 3.8) is 0 Å². The molecule has 0 atom stereocenters. The average molecular weight is 308 g/mol. The first-order valence-electron chi connectivity index (χ1n) is 5.58. The van der Waals surface area contributed by atoms with Crippen LogP contribution in [0.5, 0.6) is 0 Å². The number of aromatic carboxylic acids is 1. The molecule has 1 amide bonds. The number of hydrogen-bond acceptors (Lipinski definition) is 2. The number of benzene rings is 1. The second-order valence-electron chi connectivity index (χ2n) is 4.53. The van der Waals surface area contributed by atoms with E-state index in [2.05, 4.69) is 0 Å². The van der Waals surface area contributed by atoms with Crippen molar-refractivity contribution in [1.82, 2.24) is 0 Å². The molecule has 1 aromatic rings. The van der Waals surface area contributed by atoms with Crippen LogP contribution in [0.15, 0.2) is 18.2 Å². The van der Waals surface area contributed by atoms with Crippen LogP contribution in [0.2, 0.25) is 5.02 Å². The largest absolute Gasteiger partial charge is 0.478 e. The molecule has 0 radical (unpaired) electrons. The van der Waals surface area contributed by atoms with Crippen molar-refractivity contribution in [2.75, 3.05) is 5.32 Å². The third kappa shape index (κ3) is 2.45. The van der Waals surface area contributed by atoms with Crippen molar-refractivity contribution in [3.8, 4) is 0 Å². The Hall–Kier alpha value is -1.76. The number of halogens is 4. The van der Waals surface area contributed by atoms with E-state index in [9.17, 15) is 22.8 Å². The highest BCUT2D eigenvalue weighted by atomic mass is 35.5. The summed E-state index contributed by atoms with van der Waals surface area (Å²) in [5, 5.41) is 11.1. The molecule has 1 aliphatic rings. The number of carboxylic acid groups (broad SMARTS) is 1. The van der Waals surface area contributed by atoms with Crippen molar-refractivity contribution < 1.29 is 27.9 Å². The van der Waals surface area contributed by atoms with Gasteiger partial charge in [0.15, 0.2) is 0 Å². The Bertz CT molecular complexity index is 582. The van der Waals surface area contributed by atoms with Crippen molar-refractivity contribution in [1.29, 1.82) is 0 Å². The lowest BCUT2D eigenvalue weighted by atomic mass is 10.1. The van der Waals surface area contributed by atoms with Gasteiger partial charge in [0.05, 0.1) is 11.3 Å². The summed E-state index contributed by atoms with van der Waals surface area (Å²) in [7, 11) is 0. The van der Waals surface area contributed by atoms with Crippen LogP contribution in [0.1, 0.15) is 23.2 Å². The number of nitrogens with one attached hydrogen (secondary N) is 1. The fourth-order valence-corrected chi connectivity index (χ4v) is 1.98. The molecule has 0 aromatic heterocycles. The summed E-state index contributed by atoms with van der Waals surface area (Å²) in [5.74, 6) is -2.63. The Morgan fingerprint density at radius 3 is 2.35 bits per heavy atom. The predicted octanol–water partition coefficient (Wildman–Crippen LogP) is 3.32. The van der Waals surface area contributed by atoms with Crippen LogP contribution in [-0.2, 0) is 4.79 Å². The van der Waals surface area contributed by atoms with Crippen LogP contribution in [0.4, 0.5) is 18.9 Å². The van der Waals surface area contributed by atoms with E-state index in [1.165, 1.54) is 6.07 Å². The minimum Gasteiger partial charge on any atom is -0.478 e. The van der Waals surface area contributed by atoms with E-state index in [0.717, 1.165) is 12.1 Å². The molecule has 0 aliphatic heterocycles. The van der Waals surface area contributed by atoms with Gasteiger partial charge >= 0.3 is 12.1 Å². The van der Waals surface area contributed by atoms with Gasteiger partial charge in [-0.15, -0.1) is 0 Å². The molecule has 1 aromatic carbocycles. The van der Waals surface area contributed by atoms with Crippen LogP contribution in [0.3, 0.4) is 0 Å². The molecule has 8 heteroatoms. The quantitative estimate of drug-likeness (QED) is 0.900. The number of alkyl halides is 3. The lowest BCUT2D eigenvalue weighted by Crippen LogP contribution is -2.37. The van der Waals surface area contributed by atoms with Gasteiger partial charge < -0.3 is 10.4 Å². The van der Waals surface area contributed by atoms with Crippen LogP contribution in [0, 0.1) is 5.41 Å². The highest BCUT2D eigenvalue weighted by Gasteiger charge is 2.68. The maximum Gasteiger partial charge on any atom is 0.403 e. The van der Waals surface area contributed by atoms with Gasteiger partial charge in [-0.25, -0.2) is 4.79 Å². The third-order valence-electron chi connectivity index (χ3n) is 3.19. The molecule has 0 heterocycles. The van der Waals surface area contributed by atoms with Crippen LogP contribution >= 0.6 is 11.6 Å². The van der Waals surface area contributed by atoms with Gasteiger partial charge in [-0.3, -0.25) is 4.79 Å². The summed E-state index contributed by atoms with van der Waals surface area (Å²) in [6.45, 7) is 0. The zero-order chi connectivity index (χ0) is 15.1. The Kier molecular flexibility index (Phi) is 3.41. The predicted molar refractivity (Wildman–Crippen MR) is 64.8 cm³/mol. The van der Waals surface area contributed by atoms with Gasteiger partial charge in [0.25, 0.3) is 0 Å². The number of hydrogen-bond donors (Lipinski definition) is 2. The van der Waals surface area contributed by atoms with Crippen molar-refractivity contribution >= 4 is 29.2 Å². The number of carbonyl (C=O) groups excluding carboxylic acids is 1. The number of carboxylic acids is 1. The number of rotatable bonds is 3. The van der Waals surface area contributed by atoms with Gasteiger partial charge in [0.2, 0.25) is 5.91 Å². The molecular weight excluding hydrogens is 299 g/mol. The first-order chi connectivity index (χ1) is 9.17. The monoisotopic (exact) mass is 307 g/mol. The van der Waals surface area contributed by atoms with Gasteiger partial charge in [-0.05, 0) is 31.0 Å². The van der Waals surface area contributed by atoms with E-state index in [-0.39, 0.29) is 29.1 Å². The number of carbonyl (C=O) groups is 2. The van der Waals surface area contributed by atoms with Crippen molar-refractivity contribution in [2.24, 2.45) is 5.41 Å². The lowest BCUT2D eigenvalue weighted by Gasteiger charge is -2.19. The summed E-state index contributed by atoms with van der Waals surface area (Å²) in [5.41, 5.74) is -2.96. The molecule has 0 saturated heterocycles. The highest BCUT2D eigenvalue weighted by molar-refractivity contribution is 6.31. The van der Waals surface area contributed by atoms with E-state index in [1.54, 1.807) is 0 Å². The van der Waals surface area contributed by atoms with Crippen molar-refractivity contribution in [2.45, 2.75) is 19.0 Å². The minimum atomic E-state index is -4.65. The molecular formula is C12H9ClF3NO3. The second-order valence-corrected chi connectivity index (χ2v) is 4.97. The van der Waals surface area contributed by atoms with Crippen LogP contribution in [0.25, 0.3) is 0 Å². The summed E-state index contributed by atoms with van der Waals surface area (Å²) in [6, 6.07) is 3.51. The van der Waals surface area contributed by atoms with E-state index >= 15 is 0 Å². The van der Waals surface area contributed by atoms with E-state index in [1.807, 2.05) is 5.32 Å². The summed E-state index contributed by atoms with van der Waals surface area (Å²) < 4.78 is 38.3. The smallest absolute Gasteiger partial charge is 0.403 e. The summed E-state index contributed by atoms with van der Waals surface area (Å²) in [6.07, 6.45) is -5.23.